The first-order valence-corrected chi connectivity index (χ1v) is 10.9. The van der Waals surface area contributed by atoms with Gasteiger partial charge in [-0.1, -0.05) is 13.3 Å². The number of nitriles is 1. The number of hydrogen-bond acceptors (Lipinski definition) is 5. The molecule has 3 rings (SSSR count). The third-order valence-corrected chi connectivity index (χ3v) is 6.14. The van der Waals surface area contributed by atoms with E-state index in [1.54, 1.807) is 0 Å². The maximum atomic E-state index is 13.7. The van der Waals surface area contributed by atoms with Crippen LogP contribution in [0.15, 0.2) is 40.2 Å². The Morgan fingerprint density at radius 3 is 2.67 bits per heavy atom. The number of rotatable bonds is 7. The number of benzene rings is 2. The van der Waals surface area contributed by atoms with Gasteiger partial charge in [-0.25, -0.2) is 12.8 Å². The zero-order valence-electron chi connectivity index (χ0n) is 16.2. The summed E-state index contributed by atoms with van der Waals surface area (Å²) < 4.78 is 70.4. The van der Waals surface area contributed by atoms with Crippen molar-refractivity contribution in [2.75, 3.05) is 6.54 Å². The number of ether oxygens (including phenoxy) is 1. The van der Waals surface area contributed by atoms with Gasteiger partial charge in [-0.15, -0.1) is 0 Å². The number of aliphatic imine (C=N–C) groups is 1. The summed E-state index contributed by atoms with van der Waals surface area (Å²) in [6.07, 6.45) is 2.41. The van der Waals surface area contributed by atoms with Gasteiger partial charge in [0.2, 0.25) is 9.84 Å². The minimum Gasteiger partial charge on any atom is -0.457 e. The first kappa shape index (κ1) is 21.8. The molecule has 0 unspecified atom stereocenters. The fourth-order valence-corrected chi connectivity index (χ4v) is 4.29. The molecular weight excluding hydrogens is 417 g/mol. The van der Waals surface area contributed by atoms with E-state index in [0.29, 0.717) is 30.7 Å². The van der Waals surface area contributed by atoms with Crippen molar-refractivity contribution in [1.29, 1.82) is 5.26 Å². The van der Waals surface area contributed by atoms with Crippen molar-refractivity contribution < 1.29 is 26.3 Å². The van der Waals surface area contributed by atoms with E-state index in [0.717, 1.165) is 31.0 Å². The van der Waals surface area contributed by atoms with Crippen molar-refractivity contribution in [1.82, 2.24) is 0 Å². The lowest BCUT2D eigenvalue weighted by molar-refractivity contribution is 0.234. The lowest BCUT2D eigenvalue weighted by Crippen LogP contribution is -2.16. The van der Waals surface area contributed by atoms with Crippen LogP contribution >= 0.6 is 0 Å². The number of halogens is 3. The number of fused-ring (bicyclic) bond motifs is 1. The molecule has 0 amide bonds. The van der Waals surface area contributed by atoms with Crippen molar-refractivity contribution in [3.8, 4) is 17.6 Å². The van der Waals surface area contributed by atoms with Crippen LogP contribution in [-0.4, -0.2) is 26.4 Å². The highest BCUT2D eigenvalue weighted by Crippen LogP contribution is 2.39. The molecule has 0 aliphatic heterocycles. The van der Waals surface area contributed by atoms with Crippen LogP contribution in [0.5, 0.6) is 11.5 Å². The van der Waals surface area contributed by atoms with Crippen LogP contribution in [0.4, 0.5) is 13.2 Å². The molecule has 5 nitrogen and oxygen atoms in total. The molecule has 0 aromatic heterocycles. The molecule has 0 radical (unpaired) electrons. The third-order valence-electron chi connectivity index (χ3n) is 4.72. The normalized spacial score (nSPS) is 14.7. The van der Waals surface area contributed by atoms with E-state index < -0.39 is 26.3 Å². The zero-order valence-corrected chi connectivity index (χ0v) is 17.0. The van der Waals surface area contributed by atoms with Gasteiger partial charge in [0, 0.05) is 29.4 Å². The largest absolute Gasteiger partial charge is 0.457 e. The van der Waals surface area contributed by atoms with Gasteiger partial charge in [0.1, 0.15) is 17.3 Å². The zero-order chi connectivity index (χ0) is 21.9. The first-order chi connectivity index (χ1) is 14.3. The molecule has 0 fully saturated rings. The fraction of sp³-hybridized carbons (Fsp3) is 0.333. The Hall–Kier alpha value is -2.86. The van der Waals surface area contributed by atoms with Crippen molar-refractivity contribution in [3.05, 3.63) is 52.8 Å². The van der Waals surface area contributed by atoms with Gasteiger partial charge in [-0.2, -0.15) is 14.0 Å². The molecule has 0 heterocycles. The van der Waals surface area contributed by atoms with Gasteiger partial charge in [-0.3, -0.25) is 4.99 Å². The van der Waals surface area contributed by atoms with Crippen LogP contribution in [-0.2, 0) is 16.3 Å². The second-order valence-corrected chi connectivity index (χ2v) is 8.68. The second-order valence-electron chi connectivity index (χ2n) is 6.79. The molecule has 0 spiro atoms. The van der Waals surface area contributed by atoms with Crippen LogP contribution in [0.3, 0.4) is 0 Å². The Balaban J connectivity index is 2.12. The van der Waals surface area contributed by atoms with Crippen molar-refractivity contribution in [2.45, 2.75) is 43.3 Å². The maximum Gasteiger partial charge on any atom is 0.341 e. The Labute approximate surface area is 172 Å². The molecule has 0 bridgehead atoms. The highest BCUT2D eigenvalue weighted by Gasteiger charge is 2.35. The molecule has 30 heavy (non-hydrogen) atoms. The Morgan fingerprint density at radius 1 is 1.23 bits per heavy atom. The van der Waals surface area contributed by atoms with E-state index in [-0.39, 0.29) is 22.6 Å². The quantitative estimate of drug-likeness (QED) is 0.571. The number of alkyl halides is 2. The van der Waals surface area contributed by atoms with Crippen molar-refractivity contribution in [2.24, 2.45) is 4.99 Å². The monoisotopic (exact) mass is 436 g/mol. The third kappa shape index (κ3) is 4.33. The molecule has 1 aliphatic rings. The number of nitrogens with zero attached hydrogens (tertiary/aromatic N) is 2. The summed E-state index contributed by atoms with van der Waals surface area (Å²) in [5.41, 5.74) is 1.07. The average molecular weight is 436 g/mol. The van der Waals surface area contributed by atoms with Gasteiger partial charge in [0.25, 0.3) is 0 Å². The molecule has 158 valence electrons. The molecule has 0 atom stereocenters. The number of unbranched alkanes of at least 4 members (excludes halogenated alkanes) is 1. The maximum absolute atomic E-state index is 13.7. The molecule has 2 aromatic rings. The van der Waals surface area contributed by atoms with Crippen LogP contribution in [0.1, 0.15) is 42.9 Å². The number of sulfone groups is 1. The highest BCUT2D eigenvalue weighted by molar-refractivity contribution is 7.91. The minimum atomic E-state index is -4.85. The van der Waals surface area contributed by atoms with Crippen molar-refractivity contribution >= 4 is 15.5 Å². The van der Waals surface area contributed by atoms with E-state index >= 15 is 0 Å². The fourth-order valence-electron chi connectivity index (χ4n) is 3.31. The van der Waals surface area contributed by atoms with Crippen LogP contribution in [0.2, 0.25) is 0 Å². The second kappa shape index (κ2) is 8.88. The Bertz CT molecular complexity index is 1140. The van der Waals surface area contributed by atoms with E-state index in [4.69, 9.17) is 10.00 Å². The summed E-state index contributed by atoms with van der Waals surface area (Å²) in [4.78, 5) is 3.94. The van der Waals surface area contributed by atoms with Gasteiger partial charge < -0.3 is 4.74 Å². The molecule has 2 aromatic carbocycles. The molecule has 1 aliphatic carbocycles. The SMILES string of the molecule is CCCCN=C1CCc2c(Oc3cc(F)cc(C#N)c3)ccc(S(=O)(=O)C(F)F)c21. The van der Waals surface area contributed by atoms with Crippen LogP contribution < -0.4 is 4.74 Å². The standard InChI is InChI=1S/C21H19F3N2O3S/c1-2-3-8-26-17-5-4-16-18(29-15-10-13(12-25)9-14(22)11-15)6-7-19(20(16)17)30(27,28)21(23)24/h6-7,9-11,21H,2-5,8H2,1H3. The minimum absolute atomic E-state index is 0.0505. The summed E-state index contributed by atoms with van der Waals surface area (Å²) in [6, 6.07) is 7.64. The average Bonchev–Trinajstić information content (AvgIpc) is 3.12. The Kier molecular flexibility index (Phi) is 6.46. The lowest BCUT2D eigenvalue weighted by Gasteiger charge is -2.15. The molecule has 0 N–H and O–H groups in total. The van der Waals surface area contributed by atoms with Gasteiger partial charge in [-0.05, 0) is 43.5 Å². The van der Waals surface area contributed by atoms with Gasteiger partial charge >= 0.3 is 5.76 Å². The van der Waals surface area contributed by atoms with E-state index in [2.05, 4.69) is 4.99 Å². The Morgan fingerprint density at radius 2 is 2.00 bits per heavy atom. The van der Waals surface area contributed by atoms with E-state index in [1.165, 1.54) is 12.1 Å². The lowest BCUT2D eigenvalue weighted by atomic mass is 10.1. The summed E-state index contributed by atoms with van der Waals surface area (Å²) in [5.74, 6) is -3.96. The molecular formula is C21H19F3N2O3S. The predicted octanol–water partition coefficient (Wildman–Crippen LogP) is 5.02. The van der Waals surface area contributed by atoms with E-state index in [1.807, 2.05) is 13.0 Å². The van der Waals surface area contributed by atoms with Gasteiger partial charge in [0.15, 0.2) is 0 Å². The van der Waals surface area contributed by atoms with Gasteiger partial charge in [0.05, 0.1) is 16.5 Å². The number of hydrogen-bond donors (Lipinski definition) is 0. The van der Waals surface area contributed by atoms with E-state index in [9.17, 15) is 21.6 Å². The smallest absolute Gasteiger partial charge is 0.341 e. The predicted molar refractivity (Wildman–Crippen MR) is 105 cm³/mol. The summed E-state index contributed by atoms with van der Waals surface area (Å²) in [5, 5.41) is 9.00. The molecule has 0 saturated carbocycles. The van der Waals surface area contributed by atoms with Crippen molar-refractivity contribution in [3.63, 3.8) is 0 Å². The van der Waals surface area contributed by atoms with Crippen LogP contribution in [0.25, 0.3) is 0 Å². The summed E-state index contributed by atoms with van der Waals surface area (Å²) in [7, 11) is -4.85. The molecule has 0 saturated heterocycles. The molecule has 9 heteroatoms. The first-order valence-electron chi connectivity index (χ1n) is 9.38. The summed E-state index contributed by atoms with van der Waals surface area (Å²) >= 11 is 0. The van der Waals surface area contributed by atoms with Crippen LogP contribution in [0, 0.1) is 17.1 Å². The topological polar surface area (TPSA) is 79.5 Å². The highest BCUT2D eigenvalue weighted by atomic mass is 32.2. The summed E-state index contributed by atoms with van der Waals surface area (Å²) in [6.45, 7) is 2.44.